The van der Waals surface area contributed by atoms with E-state index in [4.69, 9.17) is 5.73 Å². The standard InChI is InChI=1S/C16H23N5O/c1-12(2)8-16(3,9-17)20-15(22)13-5-4-6-14(7-13)21-11-18-10-19-21/h4-7,10-12H,8-9,17H2,1-3H3,(H,20,22). The number of rotatable bonds is 6. The molecule has 1 aromatic heterocycles. The fourth-order valence-electron chi connectivity index (χ4n) is 2.56. The summed E-state index contributed by atoms with van der Waals surface area (Å²) in [6.45, 7) is 6.61. The van der Waals surface area contributed by atoms with Gasteiger partial charge in [-0.3, -0.25) is 4.79 Å². The van der Waals surface area contributed by atoms with Crippen LogP contribution >= 0.6 is 0 Å². The molecule has 0 fully saturated rings. The SMILES string of the molecule is CC(C)CC(C)(CN)NC(=O)c1cccc(-n2cncn2)c1. The Morgan fingerprint density at radius 2 is 2.23 bits per heavy atom. The molecule has 0 aliphatic heterocycles. The van der Waals surface area contributed by atoms with E-state index in [0.717, 1.165) is 12.1 Å². The van der Waals surface area contributed by atoms with Crippen molar-refractivity contribution >= 4 is 5.91 Å². The van der Waals surface area contributed by atoms with Gasteiger partial charge in [0, 0.05) is 17.6 Å². The second-order valence-corrected chi connectivity index (χ2v) is 6.21. The number of benzene rings is 1. The van der Waals surface area contributed by atoms with Crippen LogP contribution in [0.4, 0.5) is 0 Å². The first-order chi connectivity index (χ1) is 10.4. The van der Waals surface area contributed by atoms with E-state index < -0.39 is 5.54 Å². The minimum atomic E-state index is -0.408. The molecule has 2 rings (SSSR count). The number of nitrogens with two attached hydrogens (primary N) is 1. The molecule has 6 nitrogen and oxygen atoms in total. The highest BCUT2D eigenvalue weighted by Gasteiger charge is 2.26. The van der Waals surface area contributed by atoms with Crippen LogP contribution in [0.3, 0.4) is 0 Å². The second kappa shape index (κ2) is 6.70. The fraction of sp³-hybridized carbons (Fsp3) is 0.438. The van der Waals surface area contributed by atoms with Crippen molar-refractivity contribution in [3.8, 4) is 5.69 Å². The maximum Gasteiger partial charge on any atom is 0.251 e. The molecule has 1 amide bonds. The summed E-state index contributed by atoms with van der Waals surface area (Å²) < 4.78 is 1.62. The third-order valence-electron chi connectivity index (χ3n) is 3.52. The number of nitrogens with one attached hydrogen (secondary N) is 1. The van der Waals surface area contributed by atoms with Crippen LogP contribution in [-0.2, 0) is 0 Å². The number of carbonyl (C=O) groups excluding carboxylic acids is 1. The van der Waals surface area contributed by atoms with Gasteiger partial charge in [0.2, 0.25) is 0 Å². The minimum Gasteiger partial charge on any atom is -0.346 e. The van der Waals surface area contributed by atoms with Crippen molar-refractivity contribution in [2.75, 3.05) is 6.54 Å². The third-order valence-corrected chi connectivity index (χ3v) is 3.52. The molecule has 1 heterocycles. The van der Waals surface area contributed by atoms with Crippen molar-refractivity contribution in [1.82, 2.24) is 20.1 Å². The van der Waals surface area contributed by atoms with Crippen LogP contribution in [-0.4, -0.2) is 32.8 Å². The lowest BCUT2D eigenvalue weighted by Crippen LogP contribution is -2.52. The maximum atomic E-state index is 12.5. The van der Waals surface area contributed by atoms with Crippen LogP contribution in [0.2, 0.25) is 0 Å². The predicted octanol–water partition coefficient (Wildman–Crippen LogP) is 1.76. The van der Waals surface area contributed by atoms with E-state index in [9.17, 15) is 4.79 Å². The lowest BCUT2D eigenvalue weighted by Gasteiger charge is -2.31. The lowest BCUT2D eigenvalue weighted by molar-refractivity contribution is 0.0898. The average Bonchev–Trinajstić information content (AvgIpc) is 3.00. The smallest absolute Gasteiger partial charge is 0.251 e. The van der Waals surface area contributed by atoms with E-state index >= 15 is 0 Å². The van der Waals surface area contributed by atoms with Crippen molar-refractivity contribution in [3.05, 3.63) is 42.5 Å². The normalized spacial score (nSPS) is 13.9. The van der Waals surface area contributed by atoms with Crippen LogP contribution in [0.15, 0.2) is 36.9 Å². The molecule has 1 aromatic carbocycles. The molecule has 0 spiro atoms. The summed E-state index contributed by atoms with van der Waals surface area (Å²) in [5, 5.41) is 7.12. The number of amides is 1. The zero-order valence-corrected chi connectivity index (χ0v) is 13.3. The molecule has 22 heavy (non-hydrogen) atoms. The van der Waals surface area contributed by atoms with Crippen molar-refractivity contribution in [2.45, 2.75) is 32.7 Å². The summed E-state index contributed by atoms with van der Waals surface area (Å²) in [6, 6.07) is 7.27. The van der Waals surface area contributed by atoms with E-state index in [1.54, 1.807) is 23.1 Å². The van der Waals surface area contributed by atoms with Gasteiger partial charge in [-0.1, -0.05) is 19.9 Å². The van der Waals surface area contributed by atoms with Gasteiger partial charge in [-0.15, -0.1) is 0 Å². The number of hydrogen-bond acceptors (Lipinski definition) is 4. The molecule has 0 saturated heterocycles. The number of hydrogen-bond donors (Lipinski definition) is 2. The number of carbonyl (C=O) groups is 1. The predicted molar refractivity (Wildman–Crippen MR) is 85.7 cm³/mol. The summed E-state index contributed by atoms with van der Waals surface area (Å²) in [5.74, 6) is 0.325. The molecule has 1 atom stereocenters. The first kappa shape index (κ1) is 16.2. The Kier molecular flexibility index (Phi) is 4.92. The van der Waals surface area contributed by atoms with Crippen molar-refractivity contribution in [1.29, 1.82) is 0 Å². The van der Waals surface area contributed by atoms with Crippen molar-refractivity contribution < 1.29 is 4.79 Å². The van der Waals surface area contributed by atoms with E-state index in [1.165, 1.54) is 6.33 Å². The highest BCUT2D eigenvalue weighted by atomic mass is 16.1. The average molecular weight is 301 g/mol. The first-order valence-corrected chi connectivity index (χ1v) is 7.41. The summed E-state index contributed by atoms with van der Waals surface area (Å²) >= 11 is 0. The molecule has 3 N–H and O–H groups in total. The number of aromatic nitrogens is 3. The van der Waals surface area contributed by atoms with E-state index in [1.807, 2.05) is 19.1 Å². The summed E-state index contributed by atoms with van der Waals surface area (Å²) in [7, 11) is 0. The molecule has 0 bridgehead atoms. The Bertz CT molecular complexity index is 623. The van der Waals surface area contributed by atoms with E-state index in [2.05, 4.69) is 29.2 Å². The van der Waals surface area contributed by atoms with Crippen LogP contribution in [0, 0.1) is 5.92 Å². The molecule has 0 aliphatic rings. The molecule has 118 valence electrons. The van der Waals surface area contributed by atoms with Gasteiger partial charge in [0.15, 0.2) is 0 Å². The third kappa shape index (κ3) is 3.92. The first-order valence-electron chi connectivity index (χ1n) is 7.41. The maximum absolute atomic E-state index is 12.5. The van der Waals surface area contributed by atoms with Gasteiger partial charge in [-0.25, -0.2) is 9.67 Å². The molecule has 2 aromatic rings. The number of nitrogens with zero attached hydrogens (tertiary/aromatic N) is 3. The monoisotopic (exact) mass is 301 g/mol. The molecule has 6 heteroatoms. The minimum absolute atomic E-state index is 0.129. The van der Waals surface area contributed by atoms with Gasteiger partial charge < -0.3 is 11.1 Å². The summed E-state index contributed by atoms with van der Waals surface area (Å²) in [6.07, 6.45) is 3.89. The fourth-order valence-corrected chi connectivity index (χ4v) is 2.56. The van der Waals surface area contributed by atoms with Gasteiger partial charge in [0.05, 0.1) is 5.69 Å². The quantitative estimate of drug-likeness (QED) is 0.851. The Hall–Kier alpha value is -2.21. The summed E-state index contributed by atoms with van der Waals surface area (Å²) in [5.41, 5.74) is 6.82. The molecule has 0 radical (unpaired) electrons. The molecular weight excluding hydrogens is 278 g/mol. The molecule has 0 aliphatic carbocycles. The van der Waals surface area contributed by atoms with Gasteiger partial charge >= 0.3 is 0 Å². The van der Waals surface area contributed by atoms with Crippen LogP contribution in [0.5, 0.6) is 0 Å². The Labute approximate surface area is 130 Å². The summed E-state index contributed by atoms with van der Waals surface area (Å²) in [4.78, 5) is 16.4. The topological polar surface area (TPSA) is 85.8 Å². The van der Waals surface area contributed by atoms with Gasteiger partial charge in [-0.2, -0.15) is 5.10 Å². The molecular formula is C16H23N5O. The molecule has 1 unspecified atom stereocenters. The Morgan fingerprint density at radius 3 is 2.82 bits per heavy atom. The van der Waals surface area contributed by atoms with Crippen molar-refractivity contribution in [3.63, 3.8) is 0 Å². The van der Waals surface area contributed by atoms with Gasteiger partial charge in [0.1, 0.15) is 12.7 Å². The molecule has 0 saturated carbocycles. The van der Waals surface area contributed by atoms with E-state index in [-0.39, 0.29) is 5.91 Å². The second-order valence-electron chi connectivity index (χ2n) is 6.21. The van der Waals surface area contributed by atoms with Crippen LogP contribution < -0.4 is 11.1 Å². The van der Waals surface area contributed by atoms with Gasteiger partial charge in [-0.05, 0) is 37.5 Å². The highest BCUT2D eigenvalue weighted by Crippen LogP contribution is 2.17. The van der Waals surface area contributed by atoms with Gasteiger partial charge in [0.25, 0.3) is 5.91 Å². The largest absolute Gasteiger partial charge is 0.346 e. The van der Waals surface area contributed by atoms with E-state index in [0.29, 0.717) is 18.0 Å². The highest BCUT2D eigenvalue weighted by molar-refractivity contribution is 5.95. The van der Waals surface area contributed by atoms with Crippen molar-refractivity contribution in [2.24, 2.45) is 11.7 Å². The zero-order chi connectivity index (χ0) is 16.2. The lowest BCUT2D eigenvalue weighted by atomic mass is 9.90. The Morgan fingerprint density at radius 1 is 1.45 bits per heavy atom. The van der Waals surface area contributed by atoms with Crippen LogP contribution in [0.25, 0.3) is 5.69 Å². The Balaban J connectivity index is 2.17. The zero-order valence-electron chi connectivity index (χ0n) is 13.3. The van der Waals surface area contributed by atoms with Crippen LogP contribution in [0.1, 0.15) is 37.6 Å².